The third kappa shape index (κ3) is 7.45. The molecule has 1 saturated heterocycles. The van der Waals surface area contributed by atoms with Crippen LogP contribution in [-0.2, 0) is 20.5 Å². The molecule has 8 rings (SSSR count). The van der Waals surface area contributed by atoms with E-state index >= 15 is 4.39 Å². The molecule has 0 spiro atoms. The highest BCUT2D eigenvalue weighted by Gasteiger charge is 2.51. The number of carbonyl (C=O) groups is 1. The van der Waals surface area contributed by atoms with Crippen LogP contribution >= 0.6 is 11.3 Å². The summed E-state index contributed by atoms with van der Waals surface area (Å²) in [6.45, 7) is 11.0. The second kappa shape index (κ2) is 16.2. The van der Waals surface area contributed by atoms with Crippen molar-refractivity contribution in [1.82, 2.24) is 29.0 Å². The summed E-state index contributed by atoms with van der Waals surface area (Å²) in [6, 6.07) is 25.0. The van der Waals surface area contributed by atoms with E-state index in [9.17, 15) is 14.4 Å². The summed E-state index contributed by atoms with van der Waals surface area (Å²) < 4.78 is 32.3. The minimum atomic E-state index is -2.78. The van der Waals surface area contributed by atoms with E-state index in [2.05, 4.69) is 79.5 Å². The second-order valence-corrected chi connectivity index (χ2v) is 22.2. The maximum absolute atomic E-state index is 15.1. The molecule has 14 heteroatoms. The van der Waals surface area contributed by atoms with E-state index in [1.807, 2.05) is 19.1 Å². The van der Waals surface area contributed by atoms with Crippen LogP contribution in [0.25, 0.3) is 15.2 Å². The lowest BCUT2D eigenvalue weighted by molar-refractivity contribution is -0.129. The van der Waals surface area contributed by atoms with Gasteiger partial charge in [-0.2, -0.15) is 10.2 Å². The van der Waals surface area contributed by atoms with Crippen LogP contribution in [0.15, 0.2) is 101 Å². The highest BCUT2D eigenvalue weighted by atomic mass is 32.1. The Bertz CT molecular complexity index is 2540. The molecule has 1 amide bonds. The van der Waals surface area contributed by atoms with E-state index in [0.717, 1.165) is 23.0 Å². The van der Waals surface area contributed by atoms with Crippen molar-refractivity contribution < 1.29 is 18.3 Å². The predicted molar refractivity (Wildman–Crippen MR) is 231 cm³/mol. The average Bonchev–Trinajstić information content (AvgIpc) is 3.96. The third-order valence-corrected chi connectivity index (χ3v) is 18.6. The topological polar surface area (TPSA) is 113 Å². The fourth-order valence-corrected chi connectivity index (χ4v) is 15.1. The highest BCUT2D eigenvalue weighted by Crippen LogP contribution is 2.41. The lowest BCUT2D eigenvalue weighted by Crippen LogP contribution is -2.67. The van der Waals surface area contributed by atoms with Crippen LogP contribution in [0.2, 0.25) is 5.04 Å². The number of hydrogen-bond donors (Lipinski definition) is 0. The summed E-state index contributed by atoms with van der Waals surface area (Å²) in [7, 11) is -1.11. The summed E-state index contributed by atoms with van der Waals surface area (Å²) in [5.74, 6) is -0.703. The third-order valence-electron chi connectivity index (χ3n) is 12.2. The normalized spacial score (nSPS) is 19.5. The van der Waals surface area contributed by atoms with Crippen molar-refractivity contribution in [3.63, 3.8) is 0 Å². The molecule has 0 bridgehead atoms. The summed E-state index contributed by atoms with van der Waals surface area (Å²) in [5.41, 5.74) is 0.899. The number of likely N-dealkylation sites (N-methyl/N-ethyl adjacent to an activating group) is 1. The zero-order valence-electron chi connectivity index (χ0n) is 34.4. The number of aromatic nitrogens is 5. The molecular formula is C45H51FN6O5SSi. The predicted octanol–water partition coefficient (Wildman–Crippen LogP) is 6.61. The lowest BCUT2D eigenvalue weighted by atomic mass is 9.94. The number of halogens is 1. The minimum Gasteiger partial charge on any atom is -0.404 e. The molecule has 4 heterocycles. The average molecular weight is 835 g/mol. The van der Waals surface area contributed by atoms with E-state index in [4.69, 9.17) is 9.16 Å². The summed E-state index contributed by atoms with van der Waals surface area (Å²) in [6.07, 6.45) is 5.38. The fourth-order valence-electron chi connectivity index (χ4n) is 9.14. The number of ether oxygens (including phenoxy) is 1. The first kappa shape index (κ1) is 40.7. The Hall–Kier alpha value is -5.02. The van der Waals surface area contributed by atoms with Crippen molar-refractivity contribution in [2.75, 3.05) is 13.6 Å². The molecule has 3 aromatic carbocycles. The summed E-state index contributed by atoms with van der Waals surface area (Å²) in [5, 5.41) is 11.8. The van der Waals surface area contributed by atoms with Gasteiger partial charge in [0.25, 0.3) is 13.9 Å². The molecule has 6 aromatic rings. The fraction of sp³-hybridized carbons (Fsp3) is 0.400. The van der Waals surface area contributed by atoms with Gasteiger partial charge in [-0.1, -0.05) is 98.8 Å². The van der Waals surface area contributed by atoms with E-state index < -0.39 is 37.5 Å². The number of aryl methyl sites for hydroxylation is 2. The standard InChI is InChI=1S/C45H51FN6O5SSi/c1-29-17-18-31(46)27-36(29)38(56-32-19-21-33(22-20-32)57-59(45(3,4)5,34-13-9-7-10-14-34)35-15-11-8-12-16-35)28-50-43-39(30(2)42(58-43)52-47-24-25-48-52)41(54)51(44(50)55)37-23-26-49(6)40(37)53/h7-18,24-25,27,32-33,37-38H,19-23,26,28H2,1-6H3/t32?,33?,37-,38+/m1/s1. The van der Waals surface area contributed by atoms with Crippen LogP contribution in [0.3, 0.4) is 0 Å². The maximum Gasteiger partial charge on any atom is 0.332 e. The zero-order chi connectivity index (χ0) is 41.6. The van der Waals surface area contributed by atoms with Gasteiger partial charge in [-0.25, -0.2) is 13.8 Å². The largest absolute Gasteiger partial charge is 0.404 e. The molecule has 1 aliphatic heterocycles. The smallest absolute Gasteiger partial charge is 0.332 e. The number of carbonyl (C=O) groups excluding carboxylic acids is 1. The Balaban J connectivity index is 1.15. The molecule has 1 saturated carbocycles. The van der Waals surface area contributed by atoms with E-state index in [1.165, 1.54) is 38.6 Å². The van der Waals surface area contributed by atoms with Crippen LogP contribution in [0.4, 0.5) is 4.39 Å². The Morgan fingerprint density at radius 2 is 1.47 bits per heavy atom. The van der Waals surface area contributed by atoms with Gasteiger partial charge in [-0.15, -0.1) is 4.80 Å². The van der Waals surface area contributed by atoms with Gasteiger partial charge in [-0.05, 0) is 84.6 Å². The van der Waals surface area contributed by atoms with Gasteiger partial charge in [0.05, 0.1) is 30.4 Å². The molecule has 1 aliphatic carbocycles. The van der Waals surface area contributed by atoms with Gasteiger partial charge in [0.1, 0.15) is 27.8 Å². The summed E-state index contributed by atoms with van der Waals surface area (Å²) >= 11 is 1.23. The van der Waals surface area contributed by atoms with Crippen molar-refractivity contribution in [3.8, 4) is 5.00 Å². The van der Waals surface area contributed by atoms with E-state index in [1.54, 1.807) is 41.9 Å². The Kier molecular flexibility index (Phi) is 11.2. The van der Waals surface area contributed by atoms with Crippen LogP contribution in [0.1, 0.15) is 81.7 Å². The first-order chi connectivity index (χ1) is 28.3. The molecule has 0 N–H and O–H groups in total. The highest BCUT2D eigenvalue weighted by molar-refractivity contribution is 7.21. The van der Waals surface area contributed by atoms with E-state index in [0.29, 0.717) is 52.2 Å². The SMILES string of the molecule is Cc1ccc(F)cc1[C@H](Cn1c(=O)n([C@@H]2CCN(C)C2=O)c(=O)c2c(C)c(-n3nccn3)sc21)OC1CCC(O[Si](c2ccccc2)(c2ccccc2)C(C)(C)C)CC1. The molecule has 59 heavy (non-hydrogen) atoms. The second-order valence-electron chi connectivity index (χ2n) is 17.0. The van der Waals surface area contributed by atoms with Gasteiger partial charge in [0.2, 0.25) is 5.91 Å². The van der Waals surface area contributed by atoms with E-state index in [-0.39, 0.29) is 29.7 Å². The first-order valence-electron chi connectivity index (χ1n) is 20.4. The molecule has 2 atom stereocenters. The van der Waals surface area contributed by atoms with Crippen molar-refractivity contribution >= 4 is 46.2 Å². The number of hydrogen-bond acceptors (Lipinski definition) is 8. The number of benzene rings is 3. The van der Waals surface area contributed by atoms with Gasteiger partial charge in [-0.3, -0.25) is 14.2 Å². The van der Waals surface area contributed by atoms with Crippen LogP contribution in [-0.4, -0.2) is 69.1 Å². The van der Waals surface area contributed by atoms with Crippen LogP contribution < -0.4 is 21.6 Å². The molecule has 3 aromatic heterocycles. The Morgan fingerprint density at radius 1 is 0.864 bits per heavy atom. The van der Waals surface area contributed by atoms with Gasteiger partial charge in [0, 0.05) is 25.3 Å². The van der Waals surface area contributed by atoms with Crippen LogP contribution in [0.5, 0.6) is 0 Å². The van der Waals surface area contributed by atoms with Gasteiger partial charge in [0.15, 0.2) is 0 Å². The molecule has 0 unspecified atom stereocenters. The molecule has 2 fully saturated rings. The quantitative estimate of drug-likeness (QED) is 0.135. The first-order valence-corrected chi connectivity index (χ1v) is 23.1. The number of thiophene rings is 1. The van der Waals surface area contributed by atoms with Crippen molar-refractivity contribution in [2.24, 2.45) is 0 Å². The number of rotatable bonds is 11. The van der Waals surface area contributed by atoms with Crippen molar-refractivity contribution in [2.45, 2.75) is 103 Å². The minimum absolute atomic E-state index is 0.00758. The van der Waals surface area contributed by atoms with Gasteiger partial charge >= 0.3 is 5.69 Å². The summed E-state index contributed by atoms with van der Waals surface area (Å²) in [4.78, 5) is 45.8. The molecule has 308 valence electrons. The van der Waals surface area contributed by atoms with Crippen molar-refractivity contribution in [3.05, 3.63) is 135 Å². The molecule has 0 radical (unpaired) electrons. The maximum atomic E-state index is 15.1. The Morgan fingerprint density at radius 3 is 2.05 bits per heavy atom. The molecule has 2 aliphatic rings. The molecule has 11 nitrogen and oxygen atoms in total. The van der Waals surface area contributed by atoms with Crippen LogP contribution in [0, 0.1) is 19.7 Å². The number of amides is 1. The monoisotopic (exact) mass is 834 g/mol. The molecular weight excluding hydrogens is 784 g/mol. The Labute approximate surface area is 348 Å². The number of fused-ring (bicyclic) bond motifs is 1. The number of likely N-dealkylation sites (tertiary alicyclic amines) is 1. The van der Waals surface area contributed by atoms with Gasteiger partial charge < -0.3 is 14.1 Å². The lowest BCUT2D eigenvalue weighted by Gasteiger charge is -2.46. The van der Waals surface area contributed by atoms with Crippen molar-refractivity contribution in [1.29, 1.82) is 0 Å². The zero-order valence-corrected chi connectivity index (χ0v) is 36.2. The number of nitrogens with zero attached hydrogens (tertiary/aromatic N) is 6.